The summed E-state index contributed by atoms with van der Waals surface area (Å²) < 4.78 is 10.5. The average Bonchev–Trinajstić information content (AvgIpc) is 2.97. The van der Waals surface area contributed by atoms with Crippen molar-refractivity contribution >= 4 is 17.6 Å². The molecule has 0 N–H and O–H groups in total. The Balaban J connectivity index is 2.40. The van der Waals surface area contributed by atoms with Gasteiger partial charge in [-0.1, -0.05) is 30.7 Å². The van der Waals surface area contributed by atoms with E-state index in [9.17, 15) is 4.79 Å². The molecule has 1 fully saturated rings. The molecule has 0 radical (unpaired) electrons. The van der Waals surface area contributed by atoms with Gasteiger partial charge in [-0.2, -0.15) is 0 Å². The van der Waals surface area contributed by atoms with Crippen LogP contribution in [0, 0.1) is 0 Å². The Hall–Kier alpha value is -1.06. The van der Waals surface area contributed by atoms with Gasteiger partial charge in [0.1, 0.15) is 5.60 Å². The number of methoxy groups -OCH3 is 1. The van der Waals surface area contributed by atoms with Gasteiger partial charge in [-0.15, -0.1) is 0 Å². The number of hydrogen-bond donors (Lipinski definition) is 0. The van der Waals surface area contributed by atoms with Crippen molar-refractivity contribution in [2.45, 2.75) is 31.5 Å². The third kappa shape index (κ3) is 1.65. The van der Waals surface area contributed by atoms with E-state index in [0.717, 1.165) is 5.56 Å². The van der Waals surface area contributed by atoms with Gasteiger partial charge in [0.15, 0.2) is 5.60 Å². The molecule has 2 rings (SSSR count). The Kier molecular flexibility index (Phi) is 2.92. The SMILES string of the molecule is CCC1(c2cccc(Cl)c2)OC1(C)C(=O)OC. The van der Waals surface area contributed by atoms with Crippen LogP contribution in [0.4, 0.5) is 0 Å². The maximum absolute atomic E-state index is 11.7. The number of carbonyl (C=O) groups excluding carboxylic acids is 1. The molecule has 0 aromatic heterocycles. The number of epoxide rings is 1. The summed E-state index contributed by atoms with van der Waals surface area (Å²) >= 11 is 5.97. The first kappa shape index (κ1) is 12.4. The lowest BCUT2D eigenvalue weighted by molar-refractivity contribution is -0.146. The van der Waals surface area contributed by atoms with E-state index in [1.165, 1.54) is 7.11 Å². The second kappa shape index (κ2) is 4.00. The van der Waals surface area contributed by atoms with Crippen LogP contribution < -0.4 is 0 Å². The van der Waals surface area contributed by atoms with Gasteiger partial charge >= 0.3 is 5.97 Å². The van der Waals surface area contributed by atoms with E-state index in [2.05, 4.69) is 0 Å². The van der Waals surface area contributed by atoms with Crippen molar-refractivity contribution in [2.75, 3.05) is 7.11 Å². The van der Waals surface area contributed by atoms with E-state index in [4.69, 9.17) is 21.1 Å². The van der Waals surface area contributed by atoms with Gasteiger partial charge in [0.05, 0.1) is 7.11 Å². The van der Waals surface area contributed by atoms with Crippen molar-refractivity contribution in [3.8, 4) is 0 Å². The third-order valence-electron chi connectivity index (χ3n) is 3.47. The molecule has 1 aliphatic heterocycles. The molecule has 0 bridgehead atoms. The monoisotopic (exact) mass is 254 g/mol. The molecule has 17 heavy (non-hydrogen) atoms. The smallest absolute Gasteiger partial charge is 0.341 e. The molecule has 0 saturated carbocycles. The number of ether oxygens (including phenoxy) is 2. The number of halogens is 1. The van der Waals surface area contributed by atoms with Crippen LogP contribution in [0.1, 0.15) is 25.8 Å². The Bertz CT molecular complexity index is 460. The molecule has 1 heterocycles. The molecule has 92 valence electrons. The minimum atomic E-state index is -0.902. The van der Waals surface area contributed by atoms with Crippen molar-refractivity contribution in [1.29, 1.82) is 0 Å². The number of benzene rings is 1. The van der Waals surface area contributed by atoms with E-state index in [1.54, 1.807) is 13.0 Å². The highest BCUT2D eigenvalue weighted by Gasteiger charge is 2.72. The molecule has 1 aromatic carbocycles. The van der Waals surface area contributed by atoms with E-state index in [0.29, 0.717) is 11.4 Å². The van der Waals surface area contributed by atoms with Crippen LogP contribution >= 0.6 is 11.6 Å². The van der Waals surface area contributed by atoms with Crippen LogP contribution in [0.15, 0.2) is 24.3 Å². The van der Waals surface area contributed by atoms with E-state index in [-0.39, 0.29) is 5.97 Å². The van der Waals surface area contributed by atoms with Crippen molar-refractivity contribution < 1.29 is 14.3 Å². The lowest BCUT2D eigenvalue weighted by atomic mass is 9.85. The maximum atomic E-state index is 11.7. The quantitative estimate of drug-likeness (QED) is 0.615. The first-order valence-electron chi connectivity index (χ1n) is 5.55. The van der Waals surface area contributed by atoms with Crippen molar-refractivity contribution in [1.82, 2.24) is 0 Å². The summed E-state index contributed by atoms with van der Waals surface area (Å²) in [6.07, 6.45) is 0.693. The predicted octanol–water partition coefficient (Wildman–Crippen LogP) is 2.91. The zero-order chi connectivity index (χ0) is 12.7. The fourth-order valence-corrected chi connectivity index (χ4v) is 2.60. The topological polar surface area (TPSA) is 38.8 Å². The van der Waals surface area contributed by atoms with Crippen LogP contribution in [-0.2, 0) is 19.9 Å². The molecule has 0 amide bonds. The van der Waals surface area contributed by atoms with Crippen LogP contribution in [0.25, 0.3) is 0 Å². The highest BCUT2D eigenvalue weighted by Crippen LogP contribution is 2.58. The second-order valence-electron chi connectivity index (χ2n) is 4.32. The molecule has 1 aromatic rings. The summed E-state index contributed by atoms with van der Waals surface area (Å²) in [5.41, 5.74) is -0.591. The fraction of sp³-hybridized carbons (Fsp3) is 0.462. The molecular formula is C13H15ClO3. The molecule has 1 aliphatic rings. The third-order valence-corrected chi connectivity index (χ3v) is 3.71. The Labute approximate surface area is 106 Å². The first-order chi connectivity index (χ1) is 8.00. The minimum Gasteiger partial charge on any atom is -0.467 e. The van der Waals surface area contributed by atoms with Gasteiger partial charge < -0.3 is 9.47 Å². The van der Waals surface area contributed by atoms with Crippen LogP contribution in [-0.4, -0.2) is 18.7 Å². The summed E-state index contributed by atoms with van der Waals surface area (Å²) in [6, 6.07) is 7.41. The summed E-state index contributed by atoms with van der Waals surface area (Å²) in [5, 5.41) is 0.637. The first-order valence-corrected chi connectivity index (χ1v) is 5.92. The van der Waals surface area contributed by atoms with Gasteiger partial charge in [0, 0.05) is 5.02 Å². The van der Waals surface area contributed by atoms with Crippen molar-refractivity contribution in [2.24, 2.45) is 0 Å². The summed E-state index contributed by atoms with van der Waals surface area (Å²) in [4.78, 5) is 11.7. The minimum absolute atomic E-state index is 0.348. The van der Waals surface area contributed by atoms with E-state index >= 15 is 0 Å². The van der Waals surface area contributed by atoms with E-state index < -0.39 is 11.2 Å². The molecule has 2 atom stereocenters. The normalized spacial score (nSPS) is 31.1. The van der Waals surface area contributed by atoms with Gasteiger partial charge in [-0.05, 0) is 31.0 Å². The van der Waals surface area contributed by atoms with Crippen molar-refractivity contribution in [3.05, 3.63) is 34.9 Å². The molecule has 2 unspecified atom stereocenters. The molecule has 1 saturated heterocycles. The molecular weight excluding hydrogens is 240 g/mol. The van der Waals surface area contributed by atoms with Crippen LogP contribution in [0.3, 0.4) is 0 Å². The Morgan fingerprint density at radius 3 is 2.76 bits per heavy atom. The zero-order valence-electron chi connectivity index (χ0n) is 10.1. The lowest BCUT2D eigenvalue weighted by Gasteiger charge is -2.14. The maximum Gasteiger partial charge on any atom is 0.341 e. The standard InChI is InChI=1S/C13H15ClO3/c1-4-13(9-6-5-7-10(14)8-9)12(2,17-13)11(15)16-3/h5-8H,4H2,1-3H3. The van der Waals surface area contributed by atoms with Gasteiger partial charge in [0.25, 0.3) is 0 Å². The second-order valence-corrected chi connectivity index (χ2v) is 4.75. The molecule has 4 heteroatoms. The lowest BCUT2D eigenvalue weighted by Crippen LogP contribution is -2.30. The van der Waals surface area contributed by atoms with Gasteiger partial charge in [-0.25, -0.2) is 4.79 Å². The highest BCUT2D eigenvalue weighted by atomic mass is 35.5. The zero-order valence-corrected chi connectivity index (χ0v) is 10.9. The predicted molar refractivity (Wildman–Crippen MR) is 64.9 cm³/mol. The van der Waals surface area contributed by atoms with Crippen molar-refractivity contribution in [3.63, 3.8) is 0 Å². The van der Waals surface area contributed by atoms with Gasteiger partial charge in [0.2, 0.25) is 0 Å². The molecule has 3 nitrogen and oxygen atoms in total. The summed E-state index contributed by atoms with van der Waals surface area (Å²) in [6.45, 7) is 3.73. The molecule has 0 aliphatic carbocycles. The number of rotatable bonds is 3. The largest absolute Gasteiger partial charge is 0.467 e. The fourth-order valence-electron chi connectivity index (χ4n) is 2.41. The summed E-state index contributed by atoms with van der Waals surface area (Å²) in [7, 11) is 1.37. The Morgan fingerprint density at radius 2 is 2.24 bits per heavy atom. The number of esters is 1. The highest BCUT2D eigenvalue weighted by molar-refractivity contribution is 6.30. The summed E-state index contributed by atoms with van der Waals surface area (Å²) in [5.74, 6) is -0.348. The van der Waals surface area contributed by atoms with Crippen LogP contribution in [0.5, 0.6) is 0 Å². The number of hydrogen-bond acceptors (Lipinski definition) is 3. The van der Waals surface area contributed by atoms with E-state index in [1.807, 2.05) is 25.1 Å². The van der Waals surface area contributed by atoms with Gasteiger partial charge in [-0.3, -0.25) is 0 Å². The Morgan fingerprint density at radius 1 is 1.53 bits per heavy atom. The average molecular weight is 255 g/mol. The van der Waals surface area contributed by atoms with Crippen LogP contribution in [0.2, 0.25) is 5.02 Å². The molecule has 0 spiro atoms. The number of carbonyl (C=O) groups is 1.